The van der Waals surface area contributed by atoms with Crippen LogP contribution in [0, 0.1) is 0 Å². The molecule has 11 heteroatoms. The Bertz CT molecular complexity index is 1310. The molecule has 4 aromatic rings. The Labute approximate surface area is 182 Å². The lowest BCUT2D eigenvalue weighted by Gasteiger charge is -2.16. The van der Waals surface area contributed by atoms with Crippen molar-refractivity contribution in [2.75, 3.05) is 27.4 Å². The number of para-hydroxylation sites is 2. The summed E-state index contributed by atoms with van der Waals surface area (Å²) in [5.74, 6) is -0.112. The van der Waals surface area contributed by atoms with Gasteiger partial charge in [-0.25, -0.2) is 9.78 Å². The van der Waals surface area contributed by atoms with Gasteiger partial charge in [0.1, 0.15) is 11.5 Å². The predicted molar refractivity (Wildman–Crippen MR) is 121 cm³/mol. The normalized spacial score (nSPS) is 12.3. The van der Waals surface area contributed by atoms with Gasteiger partial charge in [0.2, 0.25) is 5.95 Å². The van der Waals surface area contributed by atoms with Crippen molar-refractivity contribution in [2.45, 2.75) is 6.54 Å². The number of hydrogen-bond acceptors (Lipinski definition) is 11. The number of aromatic nitrogens is 3. The Morgan fingerprint density at radius 1 is 1.09 bits per heavy atom. The molecule has 32 heavy (non-hydrogen) atoms. The van der Waals surface area contributed by atoms with Crippen molar-refractivity contribution in [2.24, 2.45) is 0 Å². The fourth-order valence-electron chi connectivity index (χ4n) is 3.26. The standard InChI is InChI=1S/C21H19N9O2/c22-18-15-9-12(11-25-19(15)27-21(23)26-18)10-24-14-7-5-13(6-8-14)20(31)32-30-17-4-2-1-3-16(17)28-29-30/h1-9,11,24,28-29H,10H2,(H4,22,23,25,26,27). The quantitative estimate of drug-likeness (QED) is 0.317. The monoisotopic (exact) mass is 429 g/mol. The third kappa shape index (κ3) is 3.75. The van der Waals surface area contributed by atoms with Gasteiger partial charge in [-0.1, -0.05) is 12.1 Å². The van der Waals surface area contributed by atoms with Crippen LogP contribution in [0.15, 0.2) is 60.8 Å². The highest BCUT2D eigenvalue weighted by Crippen LogP contribution is 2.28. The molecule has 2 aromatic heterocycles. The summed E-state index contributed by atoms with van der Waals surface area (Å²) >= 11 is 0. The molecule has 0 radical (unpaired) electrons. The van der Waals surface area contributed by atoms with Gasteiger partial charge in [0.05, 0.1) is 16.6 Å². The maximum atomic E-state index is 12.5. The van der Waals surface area contributed by atoms with E-state index < -0.39 is 5.97 Å². The Morgan fingerprint density at radius 2 is 1.91 bits per heavy atom. The second-order valence-electron chi connectivity index (χ2n) is 7.04. The van der Waals surface area contributed by atoms with Gasteiger partial charge in [0.15, 0.2) is 5.65 Å². The van der Waals surface area contributed by atoms with E-state index in [0.29, 0.717) is 23.1 Å². The third-order valence-corrected chi connectivity index (χ3v) is 4.86. The van der Waals surface area contributed by atoms with E-state index in [-0.39, 0.29) is 11.8 Å². The first-order chi connectivity index (χ1) is 15.6. The predicted octanol–water partition coefficient (Wildman–Crippen LogP) is 2.22. The number of rotatable bonds is 5. The average molecular weight is 429 g/mol. The van der Waals surface area contributed by atoms with Crippen LogP contribution in [0.5, 0.6) is 0 Å². The average Bonchev–Trinajstić information content (AvgIpc) is 3.21. The van der Waals surface area contributed by atoms with Crippen molar-refractivity contribution in [1.82, 2.24) is 20.5 Å². The van der Waals surface area contributed by atoms with Crippen molar-refractivity contribution >= 4 is 45.8 Å². The molecule has 0 unspecified atom stereocenters. The summed E-state index contributed by atoms with van der Waals surface area (Å²) in [4.78, 5) is 30.2. The maximum Gasteiger partial charge on any atom is 0.365 e. The third-order valence-electron chi connectivity index (χ3n) is 4.86. The van der Waals surface area contributed by atoms with Gasteiger partial charge < -0.3 is 21.6 Å². The van der Waals surface area contributed by atoms with E-state index >= 15 is 0 Å². The maximum absolute atomic E-state index is 12.5. The van der Waals surface area contributed by atoms with Crippen LogP contribution in [-0.2, 0) is 11.4 Å². The molecule has 160 valence electrons. The Morgan fingerprint density at radius 3 is 2.75 bits per heavy atom. The topological polar surface area (TPSA) is 156 Å². The van der Waals surface area contributed by atoms with Gasteiger partial charge >= 0.3 is 5.97 Å². The minimum Gasteiger partial charge on any atom is -0.383 e. The van der Waals surface area contributed by atoms with Crippen molar-refractivity contribution in [3.05, 3.63) is 71.9 Å². The van der Waals surface area contributed by atoms with Gasteiger partial charge in [-0.05, 0) is 48.0 Å². The SMILES string of the molecule is Nc1nc(N)c2cc(CNc3ccc(C(=O)ON4NNc5ccccc54)cc3)cnc2n1. The Kier molecular flexibility index (Phi) is 4.76. The van der Waals surface area contributed by atoms with Crippen molar-refractivity contribution in [3.63, 3.8) is 0 Å². The minimum absolute atomic E-state index is 0.0907. The molecule has 2 aromatic carbocycles. The number of benzene rings is 2. The number of anilines is 5. The molecule has 11 nitrogen and oxygen atoms in total. The molecular weight excluding hydrogens is 410 g/mol. The van der Waals surface area contributed by atoms with Gasteiger partial charge in [-0.3, -0.25) is 5.43 Å². The smallest absolute Gasteiger partial charge is 0.365 e. The summed E-state index contributed by atoms with van der Waals surface area (Å²) in [7, 11) is 0. The number of pyridine rings is 1. The molecule has 0 saturated heterocycles. The van der Waals surface area contributed by atoms with Crippen molar-refractivity contribution in [3.8, 4) is 0 Å². The Balaban J connectivity index is 1.22. The van der Waals surface area contributed by atoms with Gasteiger partial charge in [0, 0.05) is 18.4 Å². The molecule has 1 aliphatic heterocycles. The zero-order valence-corrected chi connectivity index (χ0v) is 16.7. The number of nitrogens with two attached hydrogens (primary N) is 2. The number of carbonyl (C=O) groups is 1. The molecule has 3 heterocycles. The molecule has 0 spiro atoms. The highest BCUT2D eigenvalue weighted by atomic mass is 16.7. The molecule has 0 saturated carbocycles. The van der Waals surface area contributed by atoms with Gasteiger partial charge in [-0.2, -0.15) is 9.97 Å². The first-order valence-corrected chi connectivity index (χ1v) is 9.71. The van der Waals surface area contributed by atoms with Crippen LogP contribution in [-0.4, -0.2) is 20.9 Å². The number of nitrogens with one attached hydrogen (secondary N) is 3. The van der Waals surface area contributed by atoms with Crippen LogP contribution in [0.2, 0.25) is 0 Å². The van der Waals surface area contributed by atoms with Gasteiger partial charge in [0.25, 0.3) is 0 Å². The largest absolute Gasteiger partial charge is 0.383 e. The highest BCUT2D eigenvalue weighted by Gasteiger charge is 2.22. The lowest BCUT2D eigenvalue weighted by molar-refractivity contribution is 0.0414. The summed E-state index contributed by atoms with van der Waals surface area (Å²) in [6.07, 6.45) is 1.70. The first-order valence-electron chi connectivity index (χ1n) is 9.71. The van der Waals surface area contributed by atoms with E-state index in [0.717, 1.165) is 22.6 Å². The minimum atomic E-state index is -0.490. The molecule has 0 bridgehead atoms. The molecule has 7 N–H and O–H groups in total. The molecule has 1 aliphatic rings. The second kappa shape index (κ2) is 7.89. The number of nitrogens with zero attached hydrogens (tertiary/aromatic N) is 4. The fraction of sp³-hybridized carbons (Fsp3) is 0.0476. The van der Waals surface area contributed by atoms with E-state index in [4.69, 9.17) is 16.3 Å². The van der Waals surface area contributed by atoms with Crippen LogP contribution in [0.3, 0.4) is 0 Å². The van der Waals surface area contributed by atoms with Crippen LogP contribution < -0.4 is 32.9 Å². The van der Waals surface area contributed by atoms with Crippen LogP contribution in [0.25, 0.3) is 11.0 Å². The van der Waals surface area contributed by atoms with E-state index in [9.17, 15) is 4.79 Å². The zero-order chi connectivity index (χ0) is 22.1. The zero-order valence-electron chi connectivity index (χ0n) is 16.7. The van der Waals surface area contributed by atoms with Crippen LogP contribution in [0.1, 0.15) is 15.9 Å². The number of carbonyl (C=O) groups excluding carboxylic acids is 1. The highest BCUT2D eigenvalue weighted by molar-refractivity contribution is 5.91. The molecule has 5 rings (SSSR count). The van der Waals surface area contributed by atoms with Crippen LogP contribution >= 0.6 is 0 Å². The van der Waals surface area contributed by atoms with Crippen molar-refractivity contribution in [1.29, 1.82) is 0 Å². The molecule has 0 amide bonds. The number of nitrogen functional groups attached to an aromatic ring is 2. The van der Waals surface area contributed by atoms with E-state index in [1.54, 1.807) is 30.5 Å². The van der Waals surface area contributed by atoms with Crippen LogP contribution in [0.4, 0.5) is 28.8 Å². The first kappa shape index (κ1) is 19.3. The summed E-state index contributed by atoms with van der Waals surface area (Å²) in [6, 6.07) is 16.3. The van der Waals surface area contributed by atoms with E-state index in [1.807, 2.05) is 30.3 Å². The van der Waals surface area contributed by atoms with Crippen molar-refractivity contribution < 1.29 is 9.63 Å². The Hall–Kier alpha value is -4.64. The lowest BCUT2D eigenvalue weighted by Crippen LogP contribution is -2.37. The number of fused-ring (bicyclic) bond motifs is 2. The fourth-order valence-corrected chi connectivity index (χ4v) is 3.26. The molecule has 0 fully saturated rings. The summed E-state index contributed by atoms with van der Waals surface area (Å²) in [5, 5.41) is 5.21. The summed E-state index contributed by atoms with van der Waals surface area (Å²) in [5.41, 5.74) is 21.4. The van der Waals surface area contributed by atoms with E-state index in [1.165, 1.54) is 5.17 Å². The summed E-state index contributed by atoms with van der Waals surface area (Å²) < 4.78 is 0. The number of hydrazine groups is 2. The molecule has 0 aliphatic carbocycles. The summed E-state index contributed by atoms with van der Waals surface area (Å²) in [6.45, 7) is 0.497. The molecular formula is C21H19N9O2. The second-order valence-corrected chi connectivity index (χ2v) is 7.04. The van der Waals surface area contributed by atoms with Gasteiger partial charge in [-0.15, -0.1) is 10.7 Å². The van der Waals surface area contributed by atoms with E-state index in [2.05, 4.69) is 31.2 Å². The lowest BCUT2D eigenvalue weighted by atomic mass is 10.2. The molecule has 0 atom stereocenters. The number of hydrogen-bond donors (Lipinski definition) is 5.